The summed E-state index contributed by atoms with van der Waals surface area (Å²) in [6, 6.07) is 16.6. The molecule has 0 spiro atoms. The second kappa shape index (κ2) is 9.10. The summed E-state index contributed by atoms with van der Waals surface area (Å²) in [7, 11) is -3.71. The number of anilines is 1. The van der Waals surface area contributed by atoms with Crippen molar-refractivity contribution in [3.63, 3.8) is 0 Å². The van der Waals surface area contributed by atoms with Crippen LogP contribution in [0.15, 0.2) is 70.9 Å². The Morgan fingerprint density at radius 1 is 1.03 bits per heavy atom. The van der Waals surface area contributed by atoms with Gasteiger partial charge in [0.1, 0.15) is 4.88 Å². The summed E-state index contributed by atoms with van der Waals surface area (Å²) in [4.78, 5) is 21.8. The molecule has 0 atom stereocenters. The van der Waals surface area contributed by atoms with Crippen LogP contribution in [0.5, 0.6) is 0 Å². The minimum absolute atomic E-state index is 0.0838. The van der Waals surface area contributed by atoms with Gasteiger partial charge in [0.2, 0.25) is 5.91 Å². The number of benzene rings is 2. The van der Waals surface area contributed by atoms with Crippen LogP contribution in [0.2, 0.25) is 0 Å². The van der Waals surface area contributed by atoms with Crippen molar-refractivity contribution in [3.05, 3.63) is 82.0 Å². The summed E-state index contributed by atoms with van der Waals surface area (Å²) in [6.07, 6.45) is 1.63. The van der Waals surface area contributed by atoms with E-state index < -0.39 is 21.9 Å². The molecular weight excluding hydrogens is 424 g/mol. The molecule has 0 unspecified atom stereocenters. The molecular formula is C21H20N2O5S2. The lowest BCUT2D eigenvalue weighted by Gasteiger charge is -2.30. The fourth-order valence-electron chi connectivity index (χ4n) is 3.09. The molecule has 1 amide bonds. The number of fused-ring (bicyclic) bond motifs is 1. The monoisotopic (exact) mass is 444 g/mol. The normalized spacial score (nSPS) is 13.0. The van der Waals surface area contributed by atoms with Crippen molar-refractivity contribution in [3.8, 4) is 0 Å². The van der Waals surface area contributed by atoms with E-state index in [9.17, 15) is 18.0 Å². The van der Waals surface area contributed by atoms with Crippen LogP contribution >= 0.6 is 11.3 Å². The van der Waals surface area contributed by atoms with Crippen molar-refractivity contribution in [1.82, 2.24) is 0 Å². The predicted octanol–water partition coefficient (Wildman–Crippen LogP) is 3.37. The number of hydrogen-bond donors (Lipinski definition) is 2. The van der Waals surface area contributed by atoms with Crippen LogP contribution in [0.25, 0.3) is 0 Å². The minimum atomic E-state index is -3.71. The molecule has 3 N–H and O–H groups in total. The van der Waals surface area contributed by atoms with E-state index in [1.165, 1.54) is 39.9 Å². The van der Waals surface area contributed by atoms with E-state index in [0.717, 1.165) is 18.4 Å². The third kappa shape index (κ3) is 4.69. The largest absolute Gasteiger partial charge is 0.477 e. The second-order valence-electron chi connectivity index (χ2n) is 6.48. The number of carbonyl (C=O) groups is 2. The summed E-state index contributed by atoms with van der Waals surface area (Å²) in [5, 5.41) is 10.0. The van der Waals surface area contributed by atoms with Crippen molar-refractivity contribution in [2.24, 2.45) is 5.73 Å². The van der Waals surface area contributed by atoms with E-state index >= 15 is 0 Å². The molecule has 0 bridgehead atoms. The fourth-order valence-corrected chi connectivity index (χ4v) is 5.24. The Balaban J connectivity index is 0.000000269. The summed E-state index contributed by atoms with van der Waals surface area (Å²) in [6.45, 7) is 0.431. The van der Waals surface area contributed by atoms with Gasteiger partial charge in [0, 0.05) is 12.1 Å². The number of aryl methyl sites for hydroxylation is 1. The molecule has 156 valence electrons. The third-order valence-electron chi connectivity index (χ3n) is 4.51. The molecule has 30 heavy (non-hydrogen) atoms. The highest BCUT2D eigenvalue weighted by molar-refractivity contribution is 7.92. The molecule has 1 aromatic heterocycles. The Labute approximate surface area is 178 Å². The Bertz CT molecular complexity index is 1160. The summed E-state index contributed by atoms with van der Waals surface area (Å²) < 4.78 is 27.2. The van der Waals surface area contributed by atoms with E-state index in [4.69, 9.17) is 10.8 Å². The van der Waals surface area contributed by atoms with Crippen molar-refractivity contribution in [1.29, 1.82) is 0 Å². The molecule has 2 aromatic carbocycles. The predicted molar refractivity (Wildman–Crippen MR) is 116 cm³/mol. The Kier molecular flexibility index (Phi) is 6.53. The number of nitrogens with two attached hydrogens (primary N) is 1. The number of carboxylic acid groups (broad SMARTS) is 1. The van der Waals surface area contributed by atoms with Crippen LogP contribution in [0.3, 0.4) is 0 Å². The Hall–Kier alpha value is -3.17. The lowest BCUT2D eigenvalue weighted by Crippen LogP contribution is -2.35. The van der Waals surface area contributed by atoms with Gasteiger partial charge in [-0.2, -0.15) is 0 Å². The third-order valence-corrected chi connectivity index (χ3v) is 7.17. The molecule has 2 heterocycles. The number of amides is 1. The van der Waals surface area contributed by atoms with Gasteiger partial charge >= 0.3 is 5.97 Å². The maximum Gasteiger partial charge on any atom is 0.345 e. The Morgan fingerprint density at radius 2 is 1.80 bits per heavy atom. The van der Waals surface area contributed by atoms with Crippen LogP contribution < -0.4 is 10.0 Å². The van der Waals surface area contributed by atoms with Crippen LogP contribution in [0, 0.1) is 0 Å². The van der Waals surface area contributed by atoms with E-state index in [0.29, 0.717) is 17.1 Å². The highest BCUT2D eigenvalue weighted by Gasteiger charge is 2.29. The zero-order valence-electron chi connectivity index (χ0n) is 15.9. The van der Waals surface area contributed by atoms with Gasteiger partial charge in [-0.1, -0.05) is 30.3 Å². The average Bonchev–Trinajstić information content (AvgIpc) is 3.29. The molecule has 0 radical (unpaired) electrons. The van der Waals surface area contributed by atoms with Gasteiger partial charge in [-0.05, 0) is 54.1 Å². The Morgan fingerprint density at radius 3 is 2.43 bits per heavy atom. The molecule has 9 heteroatoms. The van der Waals surface area contributed by atoms with Gasteiger partial charge in [0.05, 0.1) is 10.6 Å². The van der Waals surface area contributed by atoms with Crippen molar-refractivity contribution >= 4 is 38.9 Å². The van der Waals surface area contributed by atoms with E-state index in [1.807, 2.05) is 24.3 Å². The zero-order valence-corrected chi connectivity index (χ0v) is 17.5. The van der Waals surface area contributed by atoms with Crippen molar-refractivity contribution in [2.45, 2.75) is 17.7 Å². The van der Waals surface area contributed by atoms with Crippen LogP contribution in [0.1, 0.15) is 32.0 Å². The SMILES string of the molecule is NC(=O)c1cccc(S(=O)(=O)N2CCCc3ccccc32)c1.O=C(O)c1cccs1. The number of aromatic carboxylic acids is 1. The number of primary amides is 1. The number of sulfonamides is 1. The summed E-state index contributed by atoms with van der Waals surface area (Å²) in [5.74, 6) is -1.49. The van der Waals surface area contributed by atoms with Gasteiger partial charge in [-0.3, -0.25) is 9.10 Å². The zero-order chi connectivity index (χ0) is 21.7. The maximum absolute atomic E-state index is 12.9. The molecule has 0 fully saturated rings. The van der Waals surface area contributed by atoms with Crippen LogP contribution in [-0.4, -0.2) is 31.9 Å². The molecule has 0 aliphatic carbocycles. The maximum atomic E-state index is 12.9. The number of carbonyl (C=O) groups excluding carboxylic acids is 1. The van der Waals surface area contributed by atoms with E-state index in [-0.39, 0.29) is 10.5 Å². The van der Waals surface area contributed by atoms with Crippen molar-refractivity contribution in [2.75, 3.05) is 10.8 Å². The number of carboxylic acids is 1. The van der Waals surface area contributed by atoms with Gasteiger partial charge in [0.25, 0.3) is 10.0 Å². The summed E-state index contributed by atoms with van der Waals surface area (Å²) >= 11 is 1.23. The molecule has 7 nitrogen and oxygen atoms in total. The van der Waals surface area contributed by atoms with E-state index in [1.54, 1.807) is 17.5 Å². The topological polar surface area (TPSA) is 118 Å². The average molecular weight is 445 g/mol. The lowest BCUT2D eigenvalue weighted by molar-refractivity contribution is 0.0702. The fraction of sp³-hybridized carbons (Fsp3) is 0.143. The van der Waals surface area contributed by atoms with Crippen LogP contribution in [-0.2, 0) is 16.4 Å². The number of thiophene rings is 1. The molecule has 0 saturated heterocycles. The molecule has 4 rings (SSSR count). The second-order valence-corrected chi connectivity index (χ2v) is 9.29. The van der Waals surface area contributed by atoms with Gasteiger partial charge in [0.15, 0.2) is 0 Å². The molecule has 0 saturated carbocycles. The number of para-hydroxylation sites is 1. The van der Waals surface area contributed by atoms with Crippen molar-refractivity contribution < 1.29 is 23.1 Å². The van der Waals surface area contributed by atoms with Gasteiger partial charge in [-0.15, -0.1) is 11.3 Å². The van der Waals surface area contributed by atoms with E-state index in [2.05, 4.69) is 0 Å². The van der Waals surface area contributed by atoms with Gasteiger partial charge in [-0.25, -0.2) is 13.2 Å². The van der Waals surface area contributed by atoms with Gasteiger partial charge < -0.3 is 10.8 Å². The first kappa shape index (κ1) is 21.5. The molecule has 3 aromatic rings. The summed E-state index contributed by atoms with van der Waals surface area (Å²) in [5.41, 5.74) is 7.14. The highest BCUT2D eigenvalue weighted by atomic mass is 32.2. The first-order chi connectivity index (χ1) is 14.3. The quantitative estimate of drug-likeness (QED) is 0.640. The molecule has 1 aliphatic heterocycles. The number of nitrogens with zero attached hydrogens (tertiary/aromatic N) is 1. The highest BCUT2D eigenvalue weighted by Crippen LogP contribution is 2.31. The number of hydrogen-bond acceptors (Lipinski definition) is 5. The lowest BCUT2D eigenvalue weighted by atomic mass is 10.0. The first-order valence-corrected chi connectivity index (χ1v) is 11.4. The smallest absolute Gasteiger partial charge is 0.345 e. The first-order valence-electron chi connectivity index (χ1n) is 9.08. The number of rotatable bonds is 4. The van der Waals surface area contributed by atoms with Crippen LogP contribution in [0.4, 0.5) is 5.69 Å². The minimum Gasteiger partial charge on any atom is -0.477 e. The standard InChI is InChI=1S/C16H16N2O3S.C5H4O2S/c17-16(19)13-6-3-8-14(11-13)22(20,21)18-10-4-7-12-5-1-2-9-15(12)18;6-5(7)4-2-1-3-8-4/h1-3,5-6,8-9,11H,4,7,10H2,(H2,17,19);1-3H,(H,6,7). The molecule has 1 aliphatic rings.